The highest BCUT2D eigenvalue weighted by Gasteiger charge is 2.42. The number of aromatic nitrogens is 6. The highest BCUT2D eigenvalue weighted by Crippen LogP contribution is 2.43. The van der Waals surface area contributed by atoms with Crippen LogP contribution in [0.25, 0.3) is 28.0 Å². The average Bonchev–Trinajstić information content (AvgIpc) is 3.99. The minimum atomic E-state index is -1.11. The van der Waals surface area contributed by atoms with Gasteiger partial charge in [-0.3, -0.25) is 9.78 Å². The Balaban J connectivity index is 1.16. The van der Waals surface area contributed by atoms with E-state index in [1.807, 2.05) is 120 Å². The van der Waals surface area contributed by atoms with E-state index in [9.17, 15) is 9.90 Å². The number of aliphatic hydroxyl groups is 1. The Morgan fingerprint density at radius 1 is 0.877 bits per heavy atom. The molecule has 3 aromatic heterocycles. The zero-order valence-electron chi connectivity index (χ0n) is 32.2. The summed E-state index contributed by atoms with van der Waals surface area (Å²) < 4.78 is 28.2. The van der Waals surface area contributed by atoms with Crippen molar-refractivity contribution in [2.45, 2.75) is 44.3 Å². The third kappa shape index (κ3) is 7.40. The molecule has 13 nitrogen and oxygen atoms in total. The molecule has 0 saturated carbocycles. The van der Waals surface area contributed by atoms with Gasteiger partial charge in [-0.05, 0) is 59.0 Å². The van der Waals surface area contributed by atoms with Crippen molar-refractivity contribution in [1.29, 1.82) is 0 Å². The van der Waals surface area contributed by atoms with Crippen molar-refractivity contribution in [2.75, 3.05) is 32.7 Å². The molecule has 1 aliphatic heterocycles. The van der Waals surface area contributed by atoms with Crippen molar-refractivity contribution in [3.8, 4) is 28.4 Å². The first-order chi connectivity index (χ1) is 27.8. The van der Waals surface area contributed by atoms with Crippen LogP contribution >= 0.6 is 0 Å². The van der Waals surface area contributed by atoms with Crippen LogP contribution in [0.3, 0.4) is 0 Å². The fourth-order valence-electron chi connectivity index (χ4n) is 7.37. The average molecular weight is 768 g/mol. The van der Waals surface area contributed by atoms with E-state index < -0.39 is 24.0 Å². The Hall–Kier alpha value is -6.28. The number of nitrogens with zero attached hydrogens (tertiary/aromatic N) is 5. The number of nitrogens with one attached hydrogen (secondary N) is 2. The first-order valence-corrected chi connectivity index (χ1v) is 19.0. The number of aliphatic hydroxyl groups excluding tert-OH is 1. The molecule has 0 bridgehead atoms. The first-order valence-electron chi connectivity index (χ1n) is 19.0. The first kappa shape index (κ1) is 37.6. The number of benzene rings is 4. The van der Waals surface area contributed by atoms with Crippen LogP contribution in [0.4, 0.5) is 5.95 Å². The summed E-state index contributed by atoms with van der Waals surface area (Å²) in [6.45, 7) is 4.78. The molecular weight excluding hydrogens is 723 g/mol. The predicted octanol–water partition coefficient (Wildman–Crippen LogP) is 6.71. The second-order valence-corrected chi connectivity index (χ2v) is 14.5. The van der Waals surface area contributed by atoms with E-state index in [2.05, 4.69) is 34.5 Å². The second-order valence-electron chi connectivity index (χ2n) is 14.5. The normalized spacial score (nSPS) is 17.0. The topological polar surface area (TPSA) is 151 Å². The number of aromatic amines is 1. The predicted molar refractivity (Wildman–Crippen MR) is 217 cm³/mol. The maximum absolute atomic E-state index is 13.8. The number of para-hydroxylation sites is 1. The molecule has 0 spiro atoms. The molecule has 0 unspecified atom stereocenters. The molecule has 4 heterocycles. The zero-order chi connectivity index (χ0) is 39.5. The molecule has 1 saturated heterocycles. The van der Waals surface area contributed by atoms with E-state index in [1.54, 1.807) is 25.1 Å². The van der Waals surface area contributed by atoms with Gasteiger partial charge >= 0.3 is 0 Å². The lowest BCUT2D eigenvalue weighted by atomic mass is 9.80. The van der Waals surface area contributed by atoms with Gasteiger partial charge in [0, 0.05) is 24.7 Å². The van der Waals surface area contributed by atoms with Gasteiger partial charge in [0.2, 0.25) is 5.95 Å². The van der Waals surface area contributed by atoms with E-state index >= 15 is 0 Å². The number of methoxy groups -OCH3 is 2. The number of H-pyrrole nitrogens is 1. The summed E-state index contributed by atoms with van der Waals surface area (Å²) >= 11 is 0. The third-order valence-electron chi connectivity index (χ3n) is 10.3. The molecule has 8 rings (SSSR count). The number of hydrogen-bond acceptors (Lipinski definition) is 10. The number of ether oxygens (including phenoxy) is 4. The van der Waals surface area contributed by atoms with Crippen LogP contribution in [0.1, 0.15) is 43.2 Å². The van der Waals surface area contributed by atoms with Crippen molar-refractivity contribution >= 4 is 17.0 Å². The Labute approximate surface area is 329 Å². The molecule has 0 radical (unpaired) electrons. The Morgan fingerprint density at radius 3 is 2.11 bits per heavy atom. The van der Waals surface area contributed by atoms with Gasteiger partial charge in [-0.1, -0.05) is 91.9 Å². The van der Waals surface area contributed by atoms with Crippen molar-refractivity contribution in [1.82, 2.24) is 29.5 Å². The van der Waals surface area contributed by atoms with Crippen molar-refractivity contribution in [3.05, 3.63) is 149 Å². The van der Waals surface area contributed by atoms with Crippen molar-refractivity contribution < 1.29 is 24.1 Å². The SMILES string of the molecule is COc1ccc(C(OC[C@H]2O[C@@H](n3cc(-c4cn(-c5ccccc5)nn4)c4c(=O)[nH]c(NCC(C)C)nc43)C[C@@H]2O)(c2ccccc2)c2ccc(OC)cc2)cc1. The van der Waals surface area contributed by atoms with Gasteiger partial charge in [-0.25, -0.2) is 4.68 Å². The lowest BCUT2D eigenvalue weighted by Gasteiger charge is -2.37. The largest absolute Gasteiger partial charge is 0.497 e. The van der Waals surface area contributed by atoms with Crippen LogP contribution in [0.2, 0.25) is 0 Å². The highest BCUT2D eigenvalue weighted by atomic mass is 16.6. The summed E-state index contributed by atoms with van der Waals surface area (Å²) in [6, 6.07) is 35.2. The molecule has 0 aliphatic carbocycles. The molecule has 4 aromatic carbocycles. The summed E-state index contributed by atoms with van der Waals surface area (Å²) in [5, 5.41) is 24.0. The number of fused-ring (bicyclic) bond motifs is 1. The zero-order valence-corrected chi connectivity index (χ0v) is 32.2. The lowest BCUT2D eigenvalue weighted by molar-refractivity contribution is -0.0930. The molecule has 0 amide bonds. The molecule has 292 valence electrons. The maximum Gasteiger partial charge on any atom is 0.262 e. The fourth-order valence-corrected chi connectivity index (χ4v) is 7.37. The standard InChI is InChI=1S/C44H45N7O6/c1-28(2)24-45-43-46-41-40(42(53)47-43)35(36-26-51(49-48-36)32-13-9-6-10-14-32)25-50(41)39-23-37(52)38(57-39)27-56-44(29-11-7-5-8-12-29,30-15-19-33(54-3)20-16-30)31-17-21-34(55-4)22-18-31/h5-22,25-26,28,37-39,52H,23-24,27H2,1-4H3,(H2,45,46,47,53)/t37-,38+,39+/m0/s1. The number of rotatable bonds is 14. The summed E-state index contributed by atoms with van der Waals surface area (Å²) in [6.07, 6.45) is 1.48. The summed E-state index contributed by atoms with van der Waals surface area (Å²) in [7, 11) is 3.27. The van der Waals surface area contributed by atoms with E-state index in [-0.39, 0.29) is 18.6 Å². The van der Waals surface area contributed by atoms with Gasteiger partial charge in [0.1, 0.15) is 35.1 Å². The highest BCUT2D eigenvalue weighted by molar-refractivity contribution is 5.92. The molecular formula is C44H45N7O6. The van der Waals surface area contributed by atoms with E-state index in [0.717, 1.165) is 22.4 Å². The number of anilines is 1. The van der Waals surface area contributed by atoms with Crippen LogP contribution in [-0.2, 0) is 15.1 Å². The molecule has 1 fully saturated rings. The van der Waals surface area contributed by atoms with Crippen molar-refractivity contribution in [2.24, 2.45) is 5.92 Å². The van der Waals surface area contributed by atoms with Crippen molar-refractivity contribution in [3.63, 3.8) is 0 Å². The third-order valence-corrected chi connectivity index (χ3v) is 10.3. The molecule has 3 atom stereocenters. The van der Waals surface area contributed by atoms with Gasteiger partial charge < -0.3 is 33.9 Å². The van der Waals surface area contributed by atoms with Crippen LogP contribution in [-0.4, -0.2) is 74.2 Å². The van der Waals surface area contributed by atoms with Gasteiger partial charge in [-0.2, -0.15) is 4.98 Å². The Kier molecular flexibility index (Phi) is 10.6. The monoisotopic (exact) mass is 767 g/mol. The van der Waals surface area contributed by atoms with Gasteiger partial charge in [0.25, 0.3) is 5.56 Å². The molecule has 57 heavy (non-hydrogen) atoms. The van der Waals surface area contributed by atoms with Gasteiger partial charge in [0.05, 0.1) is 44.2 Å². The van der Waals surface area contributed by atoms with Crippen LogP contribution in [0, 0.1) is 5.92 Å². The Bertz CT molecular complexity index is 2430. The van der Waals surface area contributed by atoms with Gasteiger partial charge in [0.15, 0.2) is 5.65 Å². The van der Waals surface area contributed by atoms with Crippen LogP contribution in [0.15, 0.2) is 126 Å². The second kappa shape index (κ2) is 16.1. The molecule has 1 aliphatic rings. The van der Waals surface area contributed by atoms with E-state index in [0.29, 0.717) is 52.2 Å². The smallest absolute Gasteiger partial charge is 0.262 e. The fraction of sp³-hybridized carbons (Fsp3) is 0.273. The summed E-state index contributed by atoms with van der Waals surface area (Å²) in [5.74, 6) is 2.08. The summed E-state index contributed by atoms with van der Waals surface area (Å²) in [5.41, 5.74) is 3.41. The van der Waals surface area contributed by atoms with Crippen LogP contribution in [0.5, 0.6) is 11.5 Å². The van der Waals surface area contributed by atoms with Crippen LogP contribution < -0.4 is 20.3 Å². The Morgan fingerprint density at radius 2 is 1.49 bits per heavy atom. The number of hydrogen-bond donors (Lipinski definition) is 3. The minimum absolute atomic E-state index is 0.0251. The quantitative estimate of drug-likeness (QED) is 0.102. The van der Waals surface area contributed by atoms with E-state index in [4.69, 9.17) is 23.9 Å². The van der Waals surface area contributed by atoms with E-state index in [1.165, 1.54) is 0 Å². The molecule has 7 aromatic rings. The minimum Gasteiger partial charge on any atom is -0.497 e. The molecule has 3 N–H and O–H groups in total. The van der Waals surface area contributed by atoms with Gasteiger partial charge in [-0.15, -0.1) is 5.10 Å². The summed E-state index contributed by atoms with van der Waals surface area (Å²) in [4.78, 5) is 21.6. The molecule has 13 heteroatoms. The maximum atomic E-state index is 13.8. The lowest BCUT2D eigenvalue weighted by Crippen LogP contribution is -2.38.